The second-order valence-corrected chi connectivity index (χ2v) is 0.344. The Bertz CT molecular complexity index is 32.5. The first-order valence-electron chi connectivity index (χ1n) is 0.408. The molecule has 0 aliphatic heterocycles. The Labute approximate surface area is 51.6 Å². The van der Waals surface area contributed by atoms with Crippen molar-refractivity contribution < 1.29 is 28.6 Å². The van der Waals surface area contributed by atoms with E-state index in [1.54, 1.807) is 0 Å². The van der Waals surface area contributed by atoms with Gasteiger partial charge in [0.2, 0.25) is 0 Å². The van der Waals surface area contributed by atoms with Crippen LogP contribution in [0.15, 0.2) is 0 Å². The summed E-state index contributed by atoms with van der Waals surface area (Å²) in [5, 5.41) is 0. The second-order valence-electron chi connectivity index (χ2n) is 0.0833. The van der Waals surface area contributed by atoms with Crippen LogP contribution in [-0.4, -0.2) is 23.1 Å². The van der Waals surface area contributed by atoms with Gasteiger partial charge in [0.05, 0.1) is 0 Å². The van der Waals surface area contributed by atoms with Crippen LogP contribution >= 0.6 is 0 Å². The molecule has 0 radical (unpaired) electrons. The average Bonchev–Trinajstić information content (AvgIpc) is 0.918. The molecule has 0 aliphatic carbocycles. The molecule has 0 spiro atoms. The normalized spacial score (nSPS) is 2.00. The third-order valence-corrected chi connectivity index (χ3v) is 0. The fourth-order valence-electron chi connectivity index (χ4n) is 0. The van der Waals surface area contributed by atoms with E-state index in [-0.39, 0.29) is 25.9 Å². The zero-order valence-corrected chi connectivity index (χ0v) is 5.00. The number of hydrogen-bond donors (Lipinski definition) is 0. The van der Waals surface area contributed by atoms with E-state index in [1.807, 2.05) is 0 Å². The SMILES string of the molecule is [H-].[H-].[Mg+2].[O]=[Ti]=[O]. The summed E-state index contributed by atoms with van der Waals surface area (Å²) in [4.78, 5) is 0. The molecule has 0 saturated carbocycles. The van der Waals surface area contributed by atoms with Gasteiger partial charge in [0.25, 0.3) is 0 Å². The predicted octanol–water partition coefficient (Wildman–Crippen LogP) is -0.396. The molecule has 0 heterocycles. The van der Waals surface area contributed by atoms with Crippen LogP contribution in [0.2, 0.25) is 0 Å². The van der Waals surface area contributed by atoms with E-state index in [9.17, 15) is 0 Å². The summed E-state index contributed by atoms with van der Waals surface area (Å²) in [6.07, 6.45) is 0. The molecule has 0 rings (SSSR count). The van der Waals surface area contributed by atoms with Crippen LogP contribution in [0.4, 0.5) is 0 Å². The van der Waals surface area contributed by atoms with Gasteiger partial charge in [0, 0.05) is 0 Å². The Morgan fingerprint density at radius 2 is 1.50 bits per heavy atom. The van der Waals surface area contributed by atoms with Crippen molar-refractivity contribution >= 4 is 23.1 Å². The molecule has 0 aromatic rings. The molecule has 0 aromatic heterocycles. The Morgan fingerprint density at radius 1 is 1.50 bits per heavy atom. The van der Waals surface area contributed by atoms with Crippen LogP contribution < -0.4 is 0 Å². The fourth-order valence-corrected chi connectivity index (χ4v) is 0. The molecule has 2 nitrogen and oxygen atoms in total. The van der Waals surface area contributed by atoms with Crippen molar-refractivity contribution in [1.82, 2.24) is 0 Å². The summed E-state index contributed by atoms with van der Waals surface area (Å²) in [6.45, 7) is 0. The molecule has 0 amide bonds. The van der Waals surface area contributed by atoms with Gasteiger partial charge in [-0.2, -0.15) is 0 Å². The van der Waals surface area contributed by atoms with E-state index < -0.39 is 19.1 Å². The Balaban J connectivity index is -0.00000000667. The van der Waals surface area contributed by atoms with E-state index >= 15 is 0 Å². The van der Waals surface area contributed by atoms with Crippen LogP contribution in [0.5, 0.6) is 0 Å². The monoisotopic (exact) mass is 106 g/mol. The molecule has 0 fully saturated rings. The van der Waals surface area contributed by atoms with Crippen LogP contribution in [0.3, 0.4) is 0 Å². The second kappa shape index (κ2) is 8.95. The van der Waals surface area contributed by atoms with Crippen LogP contribution in [0.1, 0.15) is 2.85 Å². The van der Waals surface area contributed by atoms with E-state index in [2.05, 4.69) is 0 Å². The summed E-state index contributed by atoms with van der Waals surface area (Å²) < 4.78 is 17.0. The van der Waals surface area contributed by atoms with Gasteiger partial charge in [-0.25, -0.2) is 0 Å². The Hall–Kier alpha value is 1.08. The number of rotatable bonds is 0. The first kappa shape index (κ1) is 8.91. The minimum atomic E-state index is -2.00. The topological polar surface area (TPSA) is 34.1 Å². The van der Waals surface area contributed by atoms with Crippen molar-refractivity contribution in [3.63, 3.8) is 0 Å². The van der Waals surface area contributed by atoms with Crippen molar-refractivity contribution in [2.24, 2.45) is 0 Å². The van der Waals surface area contributed by atoms with Crippen LogP contribution in [0.25, 0.3) is 0 Å². The van der Waals surface area contributed by atoms with E-state index in [1.165, 1.54) is 0 Å². The molecule has 0 aliphatic rings. The van der Waals surface area contributed by atoms with Crippen LogP contribution in [-0.2, 0) is 25.7 Å². The Kier molecular flexibility index (Phi) is 19.9. The zero-order valence-electron chi connectivity index (χ0n) is 4.02. The van der Waals surface area contributed by atoms with E-state index in [4.69, 9.17) is 6.65 Å². The molecule has 20 valence electrons. The summed E-state index contributed by atoms with van der Waals surface area (Å²) in [5.74, 6) is 0. The average molecular weight is 106 g/mol. The summed E-state index contributed by atoms with van der Waals surface area (Å²) in [5.41, 5.74) is 0. The molecule has 4 heteroatoms. The minimum absolute atomic E-state index is 0. The van der Waals surface area contributed by atoms with Gasteiger partial charge < -0.3 is 2.85 Å². The van der Waals surface area contributed by atoms with Gasteiger partial charge >= 0.3 is 48.8 Å². The van der Waals surface area contributed by atoms with Crippen molar-refractivity contribution in [2.45, 2.75) is 0 Å². The summed E-state index contributed by atoms with van der Waals surface area (Å²) in [6, 6.07) is 0. The summed E-state index contributed by atoms with van der Waals surface area (Å²) >= 11 is -2.00. The predicted molar refractivity (Wildman–Crippen MR) is 9.35 cm³/mol. The van der Waals surface area contributed by atoms with Gasteiger partial charge in [-0.1, -0.05) is 0 Å². The standard InChI is InChI=1S/Mg.2O.Ti.2H/q+2;;;;2*-1. The first-order chi connectivity index (χ1) is 1.41. The van der Waals surface area contributed by atoms with Crippen LogP contribution in [0, 0.1) is 0 Å². The van der Waals surface area contributed by atoms with E-state index in [0.717, 1.165) is 0 Å². The molecule has 0 unspecified atom stereocenters. The molecule has 0 N–H and O–H groups in total. The number of hydrogen-bond acceptors (Lipinski definition) is 2. The molecular weight excluding hydrogens is 104 g/mol. The third-order valence-electron chi connectivity index (χ3n) is 0. The molecule has 0 atom stereocenters. The van der Waals surface area contributed by atoms with Gasteiger partial charge in [0.15, 0.2) is 0 Å². The van der Waals surface area contributed by atoms with Gasteiger partial charge in [-0.3, -0.25) is 0 Å². The van der Waals surface area contributed by atoms with Gasteiger partial charge in [-0.05, 0) is 0 Å². The fraction of sp³-hybridized carbons (Fsp3) is 0. The third kappa shape index (κ3) is 11.4. The maximum atomic E-state index is 8.50. The van der Waals surface area contributed by atoms with Crippen molar-refractivity contribution in [2.75, 3.05) is 0 Å². The quantitative estimate of drug-likeness (QED) is 0.394. The molecule has 0 saturated heterocycles. The van der Waals surface area contributed by atoms with Gasteiger partial charge in [-0.15, -0.1) is 0 Å². The molecule has 4 heavy (non-hydrogen) atoms. The van der Waals surface area contributed by atoms with E-state index in [0.29, 0.717) is 0 Å². The first-order valence-corrected chi connectivity index (χ1v) is 1.68. The Morgan fingerprint density at radius 3 is 1.50 bits per heavy atom. The maximum absolute atomic E-state index is 8.50. The summed E-state index contributed by atoms with van der Waals surface area (Å²) in [7, 11) is 0. The van der Waals surface area contributed by atoms with Crippen molar-refractivity contribution in [1.29, 1.82) is 0 Å². The van der Waals surface area contributed by atoms with Crippen molar-refractivity contribution in [3.8, 4) is 0 Å². The molecular formula is H2MgO2Ti. The zero-order chi connectivity index (χ0) is 2.71. The van der Waals surface area contributed by atoms with Gasteiger partial charge in [0.1, 0.15) is 0 Å². The molecule has 0 bridgehead atoms. The van der Waals surface area contributed by atoms with Crippen molar-refractivity contribution in [3.05, 3.63) is 0 Å². The molecule has 0 aromatic carbocycles.